The number of nitrogens with one attached hydrogen (secondary N) is 1. The van der Waals surface area contributed by atoms with E-state index in [9.17, 15) is 4.79 Å². The number of methoxy groups -OCH3 is 1. The molecule has 1 N–H and O–H groups in total. The lowest BCUT2D eigenvalue weighted by Crippen LogP contribution is -2.13. The molecule has 1 amide bonds. The molecule has 0 unspecified atom stereocenters. The van der Waals surface area contributed by atoms with Gasteiger partial charge in [0.05, 0.1) is 29.9 Å². The number of aromatic nitrogens is 4. The number of carbonyl (C=O) groups is 1. The van der Waals surface area contributed by atoms with Gasteiger partial charge >= 0.3 is 0 Å². The molecule has 8 nitrogen and oxygen atoms in total. The van der Waals surface area contributed by atoms with Crippen LogP contribution < -0.4 is 10.1 Å². The fraction of sp³-hybridized carbons (Fsp3) is 0.273. The number of rotatable bonds is 6. The lowest BCUT2D eigenvalue weighted by Gasteiger charge is -2.08. The smallest absolute Gasteiger partial charge is 0.259 e. The third-order valence-electron chi connectivity index (χ3n) is 5.26. The highest BCUT2D eigenvalue weighted by atomic mass is 16.5. The number of fused-ring (bicyclic) bond motifs is 1. The summed E-state index contributed by atoms with van der Waals surface area (Å²) in [4.78, 5) is 17.9. The lowest BCUT2D eigenvalue weighted by atomic mass is 10.0. The highest BCUT2D eigenvalue weighted by Crippen LogP contribution is 2.41. The Balaban J connectivity index is 1.62. The maximum atomic E-state index is 13.3. The van der Waals surface area contributed by atoms with E-state index >= 15 is 0 Å². The van der Waals surface area contributed by atoms with Crippen LogP contribution in [0.15, 0.2) is 47.2 Å². The fourth-order valence-electron chi connectivity index (χ4n) is 3.50. The molecular formula is C22H21N5O3. The Morgan fingerprint density at radius 1 is 1.33 bits per heavy atom. The monoisotopic (exact) mass is 403 g/mol. The Labute approximate surface area is 172 Å². The predicted molar refractivity (Wildman–Crippen MR) is 112 cm³/mol. The van der Waals surface area contributed by atoms with Crippen molar-refractivity contribution in [1.82, 2.24) is 19.9 Å². The second-order valence-electron chi connectivity index (χ2n) is 7.35. The molecule has 3 heterocycles. The molecule has 3 aromatic heterocycles. The van der Waals surface area contributed by atoms with Gasteiger partial charge < -0.3 is 14.6 Å². The fourth-order valence-corrected chi connectivity index (χ4v) is 3.50. The van der Waals surface area contributed by atoms with Crippen LogP contribution in [-0.2, 0) is 6.54 Å². The molecule has 5 rings (SSSR count). The van der Waals surface area contributed by atoms with E-state index in [1.807, 2.05) is 37.3 Å². The van der Waals surface area contributed by atoms with Gasteiger partial charge in [-0.05, 0) is 38.0 Å². The molecule has 152 valence electrons. The van der Waals surface area contributed by atoms with Gasteiger partial charge in [-0.2, -0.15) is 5.10 Å². The van der Waals surface area contributed by atoms with E-state index in [1.54, 1.807) is 24.2 Å². The van der Waals surface area contributed by atoms with Gasteiger partial charge in [-0.25, -0.2) is 4.98 Å². The molecule has 0 radical (unpaired) electrons. The van der Waals surface area contributed by atoms with E-state index < -0.39 is 0 Å². The molecule has 0 spiro atoms. The summed E-state index contributed by atoms with van der Waals surface area (Å²) < 4.78 is 12.6. The zero-order valence-corrected chi connectivity index (χ0v) is 16.8. The number of carbonyl (C=O) groups excluding carboxylic acids is 1. The molecule has 1 aliphatic carbocycles. The third kappa shape index (κ3) is 3.30. The van der Waals surface area contributed by atoms with Gasteiger partial charge in [0.2, 0.25) is 0 Å². The summed E-state index contributed by atoms with van der Waals surface area (Å²) in [5.74, 6) is 0.825. The zero-order chi connectivity index (χ0) is 20.7. The highest BCUT2D eigenvalue weighted by Gasteiger charge is 2.29. The maximum Gasteiger partial charge on any atom is 0.259 e. The lowest BCUT2D eigenvalue weighted by molar-refractivity contribution is 0.102. The number of amides is 1. The van der Waals surface area contributed by atoms with Crippen molar-refractivity contribution in [1.29, 1.82) is 0 Å². The Hall–Kier alpha value is -3.68. The Morgan fingerprint density at radius 2 is 2.20 bits per heavy atom. The SMILES string of the molecule is CCn1cc(NC(=O)c2cc(C3CC3)nc3onc(-c4cccc(OC)c4)c23)cn1. The van der Waals surface area contributed by atoms with Crippen molar-refractivity contribution in [2.75, 3.05) is 12.4 Å². The van der Waals surface area contributed by atoms with Crippen molar-refractivity contribution in [3.05, 3.63) is 54.0 Å². The number of ether oxygens (including phenoxy) is 1. The van der Waals surface area contributed by atoms with E-state index in [2.05, 4.69) is 20.6 Å². The Kier molecular flexibility index (Phi) is 4.46. The molecule has 4 aromatic rings. The van der Waals surface area contributed by atoms with Crippen LogP contribution in [0.4, 0.5) is 5.69 Å². The minimum atomic E-state index is -0.243. The maximum absolute atomic E-state index is 13.3. The van der Waals surface area contributed by atoms with Gasteiger partial charge in [0.1, 0.15) is 11.4 Å². The van der Waals surface area contributed by atoms with Gasteiger partial charge in [-0.1, -0.05) is 17.3 Å². The Bertz CT molecular complexity index is 1240. The minimum absolute atomic E-state index is 0.243. The van der Waals surface area contributed by atoms with Gasteiger partial charge in [0.15, 0.2) is 0 Å². The molecular weight excluding hydrogens is 382 g/mol. The molecule has 0 atom stereocenters. The number of hydrogen-bond donors (Lipinski definition) is 1. The molecule has 1 aromatic carbocycles. The van der Waals surface area contributed by atoms with Crippen molar-refractivity contribution in [2.45, 2.75) is 32.2 Å². The van der Waals surface area contributed by atoms with Crippen LogP contribution >= 0.6 is 0 Å². The summed E-state index contributed by atoms with van der Waals surface area (Å²) in [6, 6.07) is 9.36. The van der Waals surface area contributed by atoms with Crippen molar-refractivity contribution in [2.24, 2.45) is 0 Å². The first-order chi connectivity index (χ1) is 14.7. The zero-order valence-electron chi connectivity index (χ0n) is 16.8. The highest BCUT2D eigenvalue weighted by molar-refractivity contribution is 6.14. The summed E-state index contributed by atoms with van der Waals surface area (Å²) in [7, 11) is 1.61. The number of hydrogen-bond acceptors (Lipinski definition) is 6. The first kappa shape index (κ1) is 18.4. The van der Waals surface area contributed by atoms with Crippen LogP contribution in [-0.4, -0.2) is 32.9 Å². The van der Waals surface area contributed by atoms with Crippen LogP contribution in [0.3, 0.4) is 0 Å². The van der Waals surface area contributed by atoms with Gasteiger partial charge in [0, 0.05) is 29.9 Å². The van der Waals surface area contributed by atoms with Crippen LogP contribution in [0.25, 0.3) is 22.4 Å². The van der Waals surface area contributed by atoms with Crippen molar-refractivity contribution < 1.29 is 14.1 Å². The minimum Gasteiger partial charge on any atom is -0.497 e. The van der Waals surface area contributed by atoms with Gasteiger partial charge in [0.25, 0.3) is 11.6 Å². The summed E-state index contributed by atoms with van der Waals surface area (Å²) in [5.41, 5.74) is 3.72. The first-order valence-electron chi connectivity index (χ1n) is 9.94. The van der Waals surface area contributed by atoms with E-state index in [1.165, 1.54) is 0 Å². The number of pyridine rings is 1. The van der Waals surface area contributed by atoms with Gasteiger partial charge in [-0.15, -0.1) is 0 Å². The van der Waals surface area contributed by atoms with Gasteiger partial charge in [-0.3, -0.25) is 9.48 Å². The van der Waals surface area contributed by atoms with E-state index in [-0.39, 0.29) is 5.91 Å². The molecule has 0 saturated heterocycles. The van der Waals surface area contributed by atoms with Crippen LogP contribution in [0.1, 0.15) is 41.7 Å². The Morgan fingerprint density at radius 3 is 2.93 bits per heavy atom. The molecule has 1 aliphatic rings. The summed E-state index contributed by atoms with van der Waals surface area (Å²) in [5, 5.41) is 12.0. The van der Waals surface area contributed by atoms with Crippen molar-refractivity contribution in [3.8, 4) is 17.0 Å². The first-order valence-corrected chi connectivity index (χ1v) is 9.94. The molecule has 30 heavy (non-hydrogen) atoms. The summed E-state index contributed by atoms with van der Waals surface area (Å²) in [6.07, 6.45) is 5.58. The number of nitrogens with zero attached hydrogens (tertiary/aromatic N) is 4. The van der Waals surface area contributed by atoms with Crippen LogP contribution in [0.2, 0.25) is 0 Å². The van der Waals surface area contributed by atoms with Crippen molar-refractivity contribution in [3.63, 3.8) is 0 Å². The largest absolute Gasteiger partial charge is 0.497 e. The molecule has 8 heteroatoms. The molecule has 0 bridgehead atoms. The molecule has 0 aliphatic heterocycles. The second-order valence-corrected chi connectivity index (χ2v) is 7.35. The molecule has 1 fully saturated rings. The van der Waals surface area contributed by atoms with E-state index in [0.717, 1.165) is 30.6 Å². The average molecular weight is 403 g/mol. The summed E-state index contributed by atoms with van der Waals surface area (Å²) in [6.45, 7) is 2.72. The van der Waals surface area contributed by atoms with Crippen LogP contribution in [0, 0.1) is 0 Å². The standard InChI is InChI=1S/C22H21N5O3/c1-3-27-12-15(11-23-27)24-21(28)17-10-18(13-7-8-13)25-22-19(17)20(26-30-22)14-5-4-6-16(9-14)29-2/h4-6,9-13H,3,7-8H2,1-2H3,(H,24,28). The number of anilines is 1. The summed E-state index contributed by atoms with van der Waals surface area (Å²) >= 11 is 0. The number of benzene rings is 1. The van der Waals surface area contributed by atoms with Crippen molar-refractivity contribution >= 4 is 22.7 Å². The normalized spacial score (nSPS) is 13.5. The predicted octanol–water partition coefficient (Wildman–Crippen LogP) is 4.24. The number of aryl methyl sites for hydroxylation is 1. The molecule has 1 saturated carbocycles. The third-order valence-corrected chi connectivity index (χ3v) is 5.26. The quantitative estimate of drug-likeness (QED) is 0.517. The van der Waals surface area contributed by atoms with E-state index in [0.29, 0.717) is 39.7 Å². The average Bonchev–Trinajstić information content (AvgIpc) is 3.38. The van der Waals surface area contributed by atoms with E-state index in [4.69, 9.17) is 9.26 Å². The van der Waals surface area contributed by atoms with Crippen LogP contribution in [0.5, 0.6) is 5.75 Å². The second kappa shape index (κ2) is 7.29. The topological polar surface area (TPSA) is 95.1 Å².